The second-order valence-electron chi connectivity index (χ2n) is 18.2. The Labute approximate surface area is 343 Å². The first kappa shape index (κ1) is 43.7. The van der Waals surface area contributed by atoms with E-state index < -0.39 is 0 Å². The maximum Gasteiger partial charge on any atom is 0.164 e. The number of fused-ring (bicyclic) bond motifs is 5. The molecule has 1 aliphatic rings. The summed E-state index contributed by atoms with van der Waals surface area (Å²) in [4.78, 5) is 19.8. The van der Waals surface area contributed by atoms with Gasteiger partial charge in [0.1, 0.15) is 5.76 Å². The summed E-state index contributed by atoms with van der Waals surface area (Å²) in [5, 5.41) is 18.0. The predicted octanol–water partition coefficient (Wildman–Crippen LogP) is 14.7. The van der Waals surface area contributed by atoms with Gasteiger partial charge < -0.3 is 5.11 Å². The Hall–Kier alpha value is -2.98. The number of benzene rings is 4. The van der Waals surface area contributed by atoms with Crippen LogP contribution in [0.2, 0.25) is 0 Å². The summed E-state index contributed by atoms with van der Waals surface area (Å²) in [6.45, 7) is 26.1. The maximum absolute atomic E-state index is 12.2. The molecule has 0 atom stereocenters. The molecule has 1 radical (unpaired) electrons. The van der Waals surface area contributed by atoms with Gasteiger partial charge in [-0.15, -0.1) is 29.3 Å². The average molecular weight is 921 g/mol. The molecule has 54 heavy (non-hydrogen) atoms. The summed E-state index contributed by atoms with van der Waals surface area (Å²) in [7, 11) is 0. The van der Waals surface area contributed by atoms with Crippen LogP contribution in [0.5, 0.6) is 0 Å². The first-order valence-electron chi connectivity index (χ1n) is 19.8. The summed E-state index contributed by atoms with van der Waals surface area (Å²) < 4.78 is 0. The molecule has 1 N–H and O–H groups in total. The van der Waals surface area contributed by atoms with Gasteiger partial charge in [-0.2, -0.15) is 0 Å². The molecule has 0 spiro atoms. The van der Waals surface area contributed by atoms with Gasteiger partial charge in [0.15, 0.2) is 5.78 Å². The minimum Gasteiger partial charge on any atom is -0.512 e. The van der Waals surface area contributed by atoms with E-state index in [2.05, 4.69) is 102 Å². The van der Waals surface area contributed by atoms with Crippen molar-refractivity contribution < 1.29 is 30.0 Å². The molecule has 0 amide bonds. The first-order valence-corrected chi connectivity index (χ1v) is 20.6. The quantitative estimate of drug-likeness (QED) is 0.0644. The first-order chi connectivity index (χ1) is 24.9. The van der Waals surface area contributed by atoms with E-state index in [4.69, 9.17) is 4.98 Å². The Kier molecular flexibility index (Phi) is 13.8. The van der Waals surface area contributed by atoms with Crippen molar-refractivity contribution in [1.82, 2.24) is 4.98 Å². The molecule has 1 aliphatic heterocycles. The van der Waals surface area contributed by atoms with E-state index in [0.29, 0.717) is 0 Å². The number of aliphatic hydroxyl groups is 1. The molecule has 1 aromatic heterocycles. The Bertz CT molecular complexity index is 2160. The van der Waals surface area contributed by atoms with Gasteiger partial charge in [0.2, 0.25) is 0 Å². The molecule has 0 saturated heterocycles. The number of allylic oxidation sites excluding steroid dienone is 2. The second-order valence-corrected chi connectivity index (χ2v) is 19.2. The van der Waals surface area contributed by atoms with Gasteiger partial charge in [0, 0.05) is 53.8 Å². The molecule has 0 unspecified atom stereocenters. The fourth-order valence-corrected chi connectivity index (χ4v) is 8.58. The van der Waals surface area contributed by atoms with E-state index in [1.807, 2.05) is 59.5 Å². The maximum atomic E-state index is 12.2. The summed E-state index contributed by atoms with van der Waals surface area (Å²) in [6, 6.07) is 24.0. The molecule has 0 fully saturated rings. The fourth-order valence-electron chi connectivity index (χ4n) is 7.29. The van der Waals surface area contributed by atoms with Gasteiger partial charge in [0.05, 0.1) is 0 Å². The molecular formula is C49H62IrNO2S-. The summed E-state index contributed by atoms with van der Waals surface area (Å²) in [5.41, 5.74) is 5.05. The van der Waals surface area contributed by atoms with Gasteiger partial charge in [-0.1, -0.05) is 136 Å². The average Bonchev–Trinajstić information content (AvgIpc) is 3.12. The van der Waals surface area contributed by atoms with Crippen molar-refractivity contribution in [2.45, 2.75) is 138 Å². The van der Waals surface area contributed by atoms with Crippen molar-refractivity contribution >= 4 is 49.9 Å². The van der Waals surface area contributed by atoms with Crippen LogP contribution < -0.4 is 0 Å². The minimum absolute atomic E-state index is 0. The Morgan fingerprint density at radius 2 is 1.41 bits per heavy atom. The van der Waals surface area contributed by atoms with Crippen LogP contribution in [-0.2, 0) is 37.7 Å². The molecular weight excluding hydrogens is 859 g/mol. The number of hydrogen-bond acceptors (Lipinski definition) is 4. The molecule has 5 heteroatoms. The zero-order valence-electron chi connectivity index (χ0n) is 34.8. The predicted molar refractivity (Wildman–Crippen MR) is 229 cm³/mol. The number of carbonyl (C=O) groups is 1. The van der Waals surface area contributed by atoms with E-state index in [1.165, 1.54) is 64.9 Å². The zero-order chi connectivity index (χ0) is 38.9. The number of aryl methyl sites for hydroxylation is 1. The van der Waals surface area contributed by atoms with Gasteiger partial charge in [-0.25, -0.2) is 0 Å². The SMILES string of the molecule is CC(C)(C)CCc1c2c([c-]c3ccccc13)-c1nccc3c1c(cc1c(CC(C)(C)C)cccc13)S2.CCC(C)(CC)C(=O)/C=C(\O)C(C)(CC)CC.[Ir]. The van der Waals surface area contributed by atoms with E-state index >= 15 is 0 Å². The normalized spacial score (nSPS) is 13.4. The third-order valence-corrected chi connectivity index (χ3v) is 13.1. The van der Waals surface area contributed by atoms with E-state index in [0.717, 1.165) is 50.6 Å². The number of ketones is 1. The van der Waals surface area contributed by atoms with Crippen molar-refractivity contribution in [2.24, 2.45) is 21.7 Å². The number of pyridine rings is 1. The van der Waals surface area contributed by atoms with Gasteiger partial charge in [-0.3, -0.25) is 9.78 Å². The Morgan fingerprint density at radius 1 is 0.778 bits per heavy atom. The van der Waals surface area contributed by atoms with Crippen LogP contribution in [0.4, 0.5) is 0 Å². The number of aromatic nitrogens is 1. The van der Waals surface area contributed by atoms with Crippen LogP contribution in [0.1, 0.15) is 126 Å². The van der Waals surface area contributed by atoms with E-state index in [1.54, 1.807) is 0 Å². The number of aliphatic hydroxyl groups excluding tert-OH is 1. The van der Waals surface area contributed by atoms with Crippen LogP contribution >= 0.6 is 11.8 Å². The number of hydrogen-bond donors (Lipinski definition) is 1. The van der Waals surface area contributed by atoms with Crippen LogP contribution in [0.15, 0.2) is 82.4 Å². The number of nitrogens with zero attached hydrogens (tertiary/aromatic N) is 1. The largest absolute Gasteiger partial charge is 0.512 e. The third-order valence-electron chi connectivity index (χ3n) is 11.9. The van der Waals surface area contributed by atoms with Crippen molar-refractivity contribution in [3.8, 4) is 11.3 Å². The van der Waals surface area contributed by atoms with E-state index in [9.17, 15) is 9.90 Å². The van der Waals surface area contributed by atoms with Gasteiger partial charge in [-0.05, 0) is 99.9 Å². The molecule has 0 aliphatic carbocycles. The van der Waals surface area contributed by atoms with Crippen LogP contribution in [0.25, 0.3) is 43.6 Å². The van der Waals surface area contributed by atoms with Crippen LogP contribution in [-0.4, -0.2) is 15.9 Å². The molecule has 4 aromatic carbocycles. The van der Waals surface area contributed by atoms with Crippen molar-refractivity contribution in [2.75, 3.05) is 0 Å². The van der Waals surface area contributed by atoms with Crippen molar-refractivity contribution in [3.63, 3.8) is 0 Å². The monoisotopic (exact) mass is 921 g/mol. The summed E-state index contributed by atoms with van der Waals surface area (Å²) in [6.07, 6.45) is 10.0. The standard InChI is InChI=1S/C34H34NS.C15H28O2.Ir/c1-33(2,3)16-14-26-23-12-8-7-10-21(23)18-28-31-30-25(15-17-35-31)24-13-9-11-22(20-34(4,5)6)27(24)19-29(30)36-32(26)28;1-7-14(5,8-2)12(16)11-13(17)15(6,9-3)10-4;/h7-13,15,17,19H,14,16,20H2,1-6H3;11,16H,7-10H2,1-6H3;/q-1;;/b;12-11-;. The third kappa shape index (κ3) is 9.17. The topological polar surface area (TPSA) is 50.2 Å². The molecule has 0 saturated carbocycles. The molecule has 3 nitrogen and oxygen atoms in total. The fraction of sp³-hybridized carbons (Fsp3) is 0.469. The number of carbonyl (C=O) groups excluding carboxylic acids is 1. The van der Waals surface area contributed by atoms with Crippen molar-refractivity contribution in [1.29, 1.82) is 0 Å². The molecule has 0 bridgehead atoms. The molecule has 6 rings (SSSR count). The van der Waals surface area contributed by atoms with Crippen LogP contribution in [0.3, 0.4) is 0 Å². The van der Waals surface area contributed by atoms with Gasteiger partial charge >= 0.3 is 0 Å². The van der Waals surface area contributed by atoms with Crippen LogP contribution in [0, 0.1) is 27.7 Å². The smallest absolute Gasteiger partial charge is 0.164 e. The summed E-state index contributed by atoms with van der Waals surface area (Å²) in [5.74, 6) is 0.286. The molecule has 2 heterocycles. The second kappa shape index (κ2) is 17.0. The Balaban J connectivity index is 0.000000309. The van der Waals surface area contributed by atoms with Gasteiger partial charge in [0.25, 0.3) is 0 Å². The summed E-state index contributed by atoms with van der Waals surface area (Å²) >= 11 is 1.94. The minimum atomic E-state index is -0.337. The van der Waals surface area contributed by atoms with E-state index in [-0.39, 0.29) is 53.3 Å². The number of rotatable bonds is 10. The zero-order valence-corrected chi connectivity index (χ0v) is 38.1. The molecule has 291 valence electrons. The van der Waals surface area contributed by atoms with Crippen molar-refractivity contribution in [3.05, 3.63) is 89.8 Å². The Morgan fingerprint density at radius 3 is 2.02 bits per heavy atom. The molecule has 5 aromatic rings.